The van der Waals surface area contributed by atoms with E-state index in [2.05, 4.69) is 32.7 Å². The number of rotatable bonds is 7. The third-order valence-electron chi connectivity index (χ3n) is 2.71. The van der Waals surface area contributed by atoms with E-state index >= 15 is 0 Å². The highest BCUT2D eigenvalue weighted by molar-refractivity contribution is 8.01. The molecule has 0 saturated carbocycles. The number of nitrogens with zero attached hydrogens (tertiary/aromatic N) is 2. The average molecular weight is 363 g/mol. The Bertz CT molecular complexity index is 715. The molecule has 3 amide bonds. The zero-order valence-electron chi connectivity index (χ0n) is 13.0. The number of nitrogens with one attached hydrogen (secondary N) is 3. The minimum absolute atomic E-state index is 0.110. The molecule has 9 heteroatoms. The molecule has 0 atom stereocenters. The second-order valence-electron chi connectivity index (χ2n) is 4.70. The second-order valence-corrected chi connectivity index (χ2v) is 6.90. The largest absolute Gasteiger partial charge is 0.352 e. The van der Waals surface area contributed by atoms with Crippen molar-refractivity contribution >= 4 is 45.9 Å². The summed E-state index contributed by atoms with van der Waals surface area (Å²) in [6.45, 7) is 5.93. The van der Waals surface area contributed by atoms with Crippen molar-refractivity contribution in [3.05, 3.63) is 42.5 Å². The number of benzene rings is 1. The minimum atomic E-state index is -0.393. The minimum Gasteiger partial charge on any atom is -0.352 e. The molecule has 0 radical (unpaired) electrons. The fourth-order valence-corrected chi connectivity index (χ4v) is 3.16. The van der Waals surface area contributed by atoms with Gasteiger partial charge in [0.05, 0.1) is 5.75 Å². The number of thioether (sulfide) groups is 1. The Labute approximate surface area is 147 Å². The van der Waals surface area contributed by atoms with Crippen LogP contribution in [0.1, 0.15) is 5.56 Å². The van der Waals surface area contributed by atoms with Crippen molar-refractivity contribution in [2.75, 3.05) is 22.9 Å². The summed E-state index contributed by atoms with van der Waals surface area (Å²) in [6, 6.07) is 7.06. The highest BCUT2D eigenvalue weighted by Crippen LogP contribution is 2.25. The molecule has 0 fully saturated rings. The maximum Gasteiger partial charge on any atom is 0.325 e. The van der Waals surface area contributed by atoms with Crippen LogP contribution in [0.25, 0.3) is 0 Å². The van der Waals surface area contributed by atoms with Gasteiger partial charge in [-0.05, 0) is 19.1 Å². The summed E-state index contributed by atoms with van der Waals surface area (Å²) in [4.78, 5) is 23.4. The summed E-state index contributed by atoms with van der Waals surface area (Å²) in [7, 11) is 0. The van der Waals surface area contributed by atoms with Gasteiger partial charge in [0, 0.05) is 12.2 Å². The number of anilines is 2. The molecule has 1 aromatic heterocycles. The van der Waals surface area contributed by atoms with Crippen molar-refractivity contribution in [1.29, 1.82) is 0 Å². The Morgan fingerprint density at radius 1 is 1.25 bits per heavy atom. The molecule has 0 saturated heterocycles. The van der Waals surface area contributed by atoms with Gasteiger partial charge in [-0.1, -0.05) is 46.9 Å². The van der Waals surface area contributed by atoms with Crippen LogP contribution in [0.3, 0.4) is 0 Å². The molecular weight excluding hydrogens is 346 g/mol. The van der Waals surface area contributed by atoms with Gasteiger partial charge in [-0.25, -0.2) is 4.79 Å². The normalized spacial score (nSPS) is 10.0. The number of aromatic nitrogens is 2. The van der Waals surface area contributed by atoms with E-state index in [1.807, 2.05) is 31.2 Å². The summed E-state index contributed by atoms with van der Waals surface area (Å²) in [5, 5.41) is 16.2. The highest BCUT2D eigenvalue weighted by Gasteiger charge is 2.10. The van der Waals surface area contributed by atoms with E-state index in [0.29, 0.717) is 21.7 Å². The lowest BCUT2D eigenvalue weighted by Gasteiger charge is -2.04. The van der Waals surface area contributed by atoms with Crippen molar-refractivity contribution in [1.82, 2.24) is 15.5 Å². The van der Waals surface area contributed by atoms with Gasteiger partial charge in [-0.3, -0.25) is 10.1 Å². The van der Waals surface area contributed by atoms with E-state index in [4.69, 9.17) is 0 Å². The molecule has 2 rings (SSSR count). The molecule has 0 aliphatic rings. The van der Waals surface area contributed by atoms with E-state index in [0.717, 1.165) is 5.56 Å². The standard InChI is InChI=1S/C15H17N5O2S2/c1-3-8-16-12(21)9-23-15-20-19-14(24-15)18-13(22)17-11-6-4-10(2)5-7-11/h3-7H,1,8-9H2,2H3,(H,16,21)(H2,17,18,19,22). The first-order valence-corrected chi connectivity index (χ1v) is 8.85. The highest BCUT2D eigenvalue weighted by atomic mass is 32.2. The molecule has 24 heavy (non-hydrogen) atoms. The summed E-state index contributed by atoms with van der Waals surface area (Å²) < 4.78 is 0.606. The van der Waals surface area contributed by atoms with Crippen LogP contribution in [0.5, 0.6) is 0 Å². The zero-order chi connectivity index (χ0) is 17.4. The number of aryl methyl sites for hydroxylation is 1. The number of urea groups is 1. The predicted octanol–water partition coefficient (Wildman–Crippen LogP) is 2.88. The lowest BCUT2D eigenvalue weighted by Crippen LogP contribution is -2.24. The molecule has 7 nitrogen and oxygen atoms in total. The summed E-state index contributed by atoms with van der Waals surface area (Å²) >= 11 is 2.47. The molecule has 0 bridgehead atoms. The van der Waals surface area contributed by atoms with Crippen molar-refractivity contribution in [3.63, 3.8) is 0 Å². The Kier molecular flexibility index (Phi) is 6.76. The molecule has 0 aliphatic carbocycles. The Hall–Kier alpha value is -2.39. The van der Waals surface area contributed by atoms with Gasteiger partial charge in [-0.2, -0.15) is 0 Å². The Morgan fingerprint density at radius 2 is 2.00 bits per heavy atom. The van der Waals surface area contributed by atoms with Gasteiger partial charge < -0.3 is 10.6 Å². The van der Waals surface area contributed by atoms with Gasteiger partial charge in [0.25, 0.3) is 0 Å². The third-order valence-corrected chi connectivity index (χ3v) is 4.68. The van der Waals surface area contributed by atoms with Crippen LogP contribution >= 0.6 is 23.1 Å². The van der Waals surface area contributed by atoms with Gasteiger partial charge in [-0.15, -0.1) is 16.8 Å². The summed E-state index contributed by atoms with van der Waals surface area (Å²) in [5.74, 6) is 0.125. The zero-order valence-corrected chi connectivity index (χ0v) is 14.7. The first kappa shape index (κ1) is 18.0. The molecule has 126 valence electrons. The van der Waals surface area contributed by atoms with Gasteiger partial charge >= 0.3 is 6.03 Å². The fourth-order valence-electron chi connectivity index (χ4n) is 1.58. The molecule has 3 N–H and O–H groups in total. The van der Waals surface area contributed by atoms with E-state index in [1.165, 1.54) is 23.1 Å². The Balaban J connectivity index is 1.80. The smallest absolute Gasteiger partial charge is 0.325 e. The van der Waals surface area contributed by atoms with Crippen LogP contribution in [0.15, 0.2) is 41.3 Å². The van der Waals surface area contributed by atoms with Crippen LogP contribution in [0.2, 0.25) is 0 Å². The van der Waals surface area contributed by atoms with Crippen LogP contribution in [-0.2, 0) is 4.79 Å². The number of hydrogen-bond donors (Lipinski definition) is 3. The maximum absolute atomic E-state index is 11.9. The van der Waals surface area contributed by atoms with Crippen molar-refractivity contribution < 1.29 is 9.59 Å². The summed E-state index contributed by atoms with van der Waals surface area (Å²) in [5.41, 5.74) is 1.81. The predicted molar refractivity (Wildman–Crippen MR) is 97.7 cm³/mol. The topological polar surface area (TPSA) is 96.0 Å². The molecule has 0 unspecified atom stereocenters. The first-order chi connectivity index (χ1) is 11.6. The average Bonchev–Trinajstić information content (AvgIpc) is 3.00. The SMILES string of the molecule is C=CCNC(=O)CSc1nnc(NC(=O)Nc2ccc(C)cc2)s1. The van der Waals surface area contributed by atoms with Gasteiger partial charge in [0.2, 0.25) is 11.0 Å². The quantitative estimate of drug-likeness (QED) is 0.399. The van der Waals surface area contributed by atoms with E-state index in [-0.39, 0.29) is 11.7 Å². The van der Waals surface area contributed by atoms with Crippen LogP contribution in [0.4, 0.5) is 15.6 Å². The summed E-state index contributed by atoms with van der Waals surface area (Å²) in [6.07, 6.45) is 1.61. The van der Waals surface area contributed by atoms with Crippen molar-refractivity contribution in [2.45, 2.75) is 11.3 Å². The third kappa shape index (κ3) is 6.01. The molecule has 1 heterocycles. The molecule has 0 aliphatic heterocycles. The molecular formula is C15H17N5O2S2. The van der Waals surface area contributed by atoms with Gasteiger partial charge in [0.15, 0.2) is 4.34 Å². The van der Waals surface area contributed by atoms with Crippen LogP contribution in [-0.4, -0.2) is 34.4 Å². The lowest BCUT2D eigenvalue weighted by atomic mass is 10.2. The number of hydrogen-bond acceptors (Lipinski definition) is 6. The van der Waals surface area contributed by atoms with Crippen LogP contribution < -0.4 is 16.0 Å². The monoisotopic (exact) mass is 363 g/mol. The van der Waals surface area contributed by atoms with E-state index < -0.39 is 6.03 Å². The van der Waals surface area contributed by atoms with E-state index in [9.17, 15) is 9.59 Å². The number of carbonyl (C=O) groups is 2. The lowest BCUT2D eigenvalue weighted by molar-refractivity contribution is -0.118. The van der Waals surface area contributed by atoms with Crippen molar-refractivity contribution in [3.8, 4) is 0 Å². The molecule has 2 aromatic rings. The first-order valence-electron chi connectivity index (χ1n) is 7.05. The van der Waals surface area contributed by atoms with Crippen molar-refractivity contribution in [2.24, 2.45) is 0 Å². The van der Waals surface area contributed by atoms with Crippen LogP contribution in [0, 0.1) is 6.92 Å². The fraction of sp³-hybridized carbons (Fsp3) is 0.200. The second kappa shape index (κ2) is 9.04. The molecule has 0 spiro atoms. The number of amides is 3. The molecule has 1 aromatic carbocycles. The number of carbonyl (C=O) groups excluding carboxylic acids is 2. The Morgan fingerprint density at radius 3 is 2.71 bits per heavy atom. The van der Waals surface area contributed by atoms with E-state index in [1.54, 1.807) is 6.08 Å². The maximum atomic E-state index is 11.9. The van der Waals surface area contributed by atoms with Gasteiger partial charge in [0.1, 0.15) is 0 Å².